The van der Waals surface area contributed by atoms with Gasteiger partial charge in [-0.05, 0) is 31.1 Å². The molecule has 3 rings (SSSR count). The number of hydrogen-bond acceptors (Lipinski definition) is 3. The van der Waals surface area contributed by atoms with Crippen molar-refractivity contribution in [3.63, 3.8) is 0 Å². The first-order chi connectivity index (χ1) is 12.1. The lowest BCUT2D eigenvalue weighted by Gasteiger charge is -2.31. The molecule has 2 N–H and O–H groups in total. The van der Waals surface area contributed by atoms with E-state index < -0.39 is 0 Å². The van der Waals surface area contributed by atoms with Crippen molar-refractivity contribution in [3.05, 3.63) is 11.6 Å². The Morgan fingerprint density at radius 2 is 2.04 bits per heavy atom. The van der Waals surface area contributed by atoms with Gasteiger partial charge in [0, 0.05) is 38.5 Å². The van der Waals surface area contributed by atoms with Crippen LogP contribution in [0.5, 0.6) is 0 Å². The van der Waals surface area contributed by atoms with Gasteiger partial charge in [-0.2, -0.15) is 0 Å². The molecule has 1 atom stereocenters. The molecule has 6 nitrogen and oxygen atoms in total. The van der Waals surface area contributed by atoms with Crippen LogP contribution in [0.15, 0.2) is 4.99 Å². The summed E-state index contributed by atoms with van der Waals surface area (Å²) in [7, 11) is 1.87. The van der Waals surface area contributed by atoms with Gasteiger partial charge in [-0.25, -0.2) is 0 Å². The van der Waals surface area contributed by atoms with Gasteiger partial charge in [-0.15, -0.1) is 34.2 Å². The van der Waals surface area contributed by atoms with E-state index in [1.807, 2.05) is 7.05 Å². The fraction of sp³-hybridized carbons (Fsp3) is 0.842. The van der Waals surface area contributed by atoms with E-state index in [2.05, 4.69) is 51.2 Å². The summed E-state index contributed by atoms with van der Waals surface area (Å²) in [4.78, 5) is 4.46. The van der Waals surface area contributed by atoms with Gasteiger partial charge >= 0.3 is 0 Å². The Morgan fingerprint density at radius 3 is 2.65 bits per heavy atom. The molecule has 1 saturated carbocycles. The lowest BCUT2D eigenvalue weighted by atomic mass is 9.83. The molecule has 1 aromatic rings. The Balaban J connectivity index is 0.00000243. The molecule has 1 fully saturated rings. The summed E-state index contributed by atoms with van der Waals surface area (Å²) >= 11 is 0. The molecule has 2 aliphatic rings. The number of fused-ring (bicyclic) bond motifs is 1. The Hall–Kier alpha value is -0.860. The maximum atomic E-state index is 4.46. The van der Waals surface area contributed by atoms with Crippen molar-refractivity contribution in [2.75, 3.05) is 13.6 Å². The number of halogens is 1. The molecule has 0 bridgehead atoms. The van der Waals surface area contributed by atoms with E-state index in [1.54, 1.807) is 0 Å². The Morgan fingerprint density at radius 1 is 1.31 bits per heavy atom. The van der Waals surface area contributed by atoms with Gasteiger partial charge in [-0.1, -0.05) is 33.6 Å². The minimum absolute atomic E-state index is 0. The smallest absolute Gasteiger partial charge is 0.191 e. The molecule has 148 valence electrons. The first-order valence-corrected chi connectivity index (χ1v) is 9.96. The lowest BCUT2D eigenvalue weighted by molar-refractivity contribution is 0.282. The van der Waals surface area contributed by atoms with Crippen molar-refractivity contribution >= 4 is 29.9 Å². The highest BCUT2D eigenvalue weighted by Crippen LogP contribution is 2.40. The van der Waals surface area contributed by atoms with Crippen molar-refractivity contribution in [2.45, 2.75) is 84.2 Å². The number of nitrogens with one attached hydrogen (secondary N) is 2. The van der Waals surface area contributed by atoms with Gasteiger partial charge in [0.15, 0.2) is 5.96 Å². The third-order valence-corrected chi connectivity index (χ3v) is 6.10. The van der Waals surface area contributed by atoms with E-state index in [4.69, 9.17) is 0 Å². The van der Waals surface area contributed by atoms with Crippen LogP contribution in [-0.2, 0) is 13.0 Å². The first-order valence-electron chi connectivity index (χ1n) is 9.96. The minimum Gasteiger partial charge on any atom is -0.356 e. The normalized spacial score (nSPS) is 22.0. The summed E-state index contributed by atoms with van der Waals surface area (Å²) in [5.41, 5.74) is 0.469. The Labute approximate surface area is 175 Å². The molecule has 0 aromatic carbocycles. The van der Waals surface area contributed by atoms with Gasteiger partial charge in [-0.3, -0.25) is 4.99 Å². The summed E-state index contributed by atoms with van der Waals surface area (Å²) < 4.78 is 2.30. The van der Waals surface area contributed by atoms with E-state index in [0.29, 0.717) is 17.4 Å². The Kier molecular flexibility index (Phi) is 7.73. The molecule has 1 aliphatic carbocycles. The van der Waals surface area contributed by atoms with Gasteiger partial charge in [0.05, 0.1) is 0 Å². The molecular weight excluding hydrogens is 439 g/mol. The van der Waals surface area contributed by atoms with E-state index in [9.17, 15) is 0 Å². The second-order valence-corrected chi connectivity index (χ2v) is 8.11. The maximum Gasteiger partial charge on any atom is 0.191 e. The summed E-state index contributed by atoms with van der Waals surface area (Å²) in [6, 6.07) is 0.383. The third-order valence-electron chi connectivity index (χ3n) is 6.10. The van der Waals surface area contributed by atoms with Crippen molar-refractivity contribution in [1.29, 1.82) is 0 Å². The number of guanidine groups is 1. The topological polar surface area (TPSA) is 67.1 Å². The summed E-state index contributed by atoms with van der Waals surface area (Å²) in [5, 5.41) is 16.0. The lowest BCUT2D eigenvalue weighted by Crippen LogP contribution is -2.49. The molecule has 0 saturated heterocycles. The van der Waals surface area contributed by atoms with E-state index >= 15 is 0 Å². The molecule has 26 heavy (non-hydrogen) atoms. The van der Waals surface area contributed by atoms with Crippen molar-refractivity contribution in [2.24, 2.45) is 10.4 Å². The van der Waals surface area contributed by atoms with Crippen molar-refractivity contribution in [1.82, 2.24) is 25.4 Å². The van der Waals surface area contributed by atoms with Crippen LogP contribution < -0.4 is 10.6 Å². The molecule has 1 aromatic heterocycles. The molecule has 0 spiro atoms. The maximum absolute atomic E-state index is 4.46. The molecular formula is C19H35IN6. The number of aliphatic imine (C=N–C) groups is 1. The molecule has 2 heterocycles. The van der Waals surface area contributed by atoms with E-state index in [0.717, 1.165) is 43.5 Å². The summed E-state index contributed by atoms with van der Waals surface area (Å²) in [6.07, 6.45) is 8.75. The van der Waals surface area contributed by atoms with Crippen LogP contribution in [-0.4, -0.2) is 40.4 Å². The second kappa shape index (κ2) is 9.37. The fourth-order valence-electron chi connectivity index (χ4n) is 4.33. The average Bonchev–Trinajstić information content (AvgIpc) is 3.25. The van der Waals surface area contributed by atoms with Crippen LogP contribution in [0, 0.1) is 5.41 Å². The van der Waals surface area contributed by atoms with Gasteiger partial charge in [0.25, 0.3) is 0 Å². The molecule has 0 radical (unpaired) electrons. The number of nitrogens with zero attached hydrogens (tertiary/aromatic N) is 4. The summed E-state index contributed by atoms with van der Waals surface area (Å²) in [5.74, 6) is 3.57. The zero-order valence-electron chi connectivity index (χ0n) is 16.7. The minimum atomic E-state index is 0. The van der Waals surface area contributed by atoms with Gasteiger partial charge < -0.3 is 15.2 Å². The fourth-order valence-corrected chi connectivity index (χ4v) is 4.33. The zero-order chi connectivity index (χ0) is 17.9. The highest BCUT2D eigenvalue weighted by atomic mass is 127. The van der Waals surface area contributed by atoms with Crippen LogP contribution in [0.3, 0.4) is 0 Å². The van der Waals surface area contributed by atoms with Crippen LogP contribution >= 0.6 is 24.0 Å². The highest BCUT2D eigenvalue weighted by Gasteiger charge is 2.32. The van der Waals surface area contributed by atoms with E-state index in [-0.39, 0.29) is 24.0 Å². The monoisotopic (exact) mass is 474 g/mol. The second-order valence-electron chi connectivity index (χ2n) is 8.11. The first kappa shape index (κ1) is 21.4. The molecule has 1 aliphatic heterocycles. The predicted molar refractivity (Wildman–Crippen MR) is 117 cm³/mol. The standard InChI is InChI=1S/C19H34N6.HI/c1-5-19(10-6-7-11-19)13-21-18(20-4)22-15-8-9-16-23-24-17(14(2)3)25(16)12-15;/h14-15H,5-13H2,1-4H3,(H2,20,21,22);1H. The van der Waals surface area contributed by atoms with Gasteiger partial charge in [0.1, 0.15) is 11.6 Å². The third kappa shape index (κ3) is 4.70. The summed E-state index contributed by atoms with van der Waals surface area (Å²) in [6.45, 7) is 8.65. The van der Waals surface area contributed by atoms with Crippen molar-refractivity contribution < 1.29 is 0 Å². The predicted octanol–water partition coefficient (Wildman–Crippen LogP) is 3.47. The SMILES string of the molecule is CCC1(CNC(=NC)NC2CCc3nnc(C(C)C)n3C2)CCCC1.I. The van der Waals surface area contributed by atoms with Gasteiger partial charge in [0.2, 0.25) is 0 Å². The number of aryl methyl sites for hydroxylation is 1. The van der Waals surface area contributed by atoms with Crippen LogP contribution in [0.4, 0.5) is 0 Å². The molecule has 0 amide bonds. The van der Waals surface area contributed by atoms with Crippen LogP contribution in [0.2, 0.25) is 0 Å². The van der Waals surface area contributed by atoms with Crippen LogP contribution in [0.25, 0.3) is 0 Å². The molecule has 1 unspecified atom stereocenters. The van der Waals surface area contributed by atoms with E-state index in [1.165, 1.54) is 32.1 Å². The van der Waals surface area contributed by atoms with Crippen LogP contribution in [0.1, 0.15) is 76.9 Å². The number of aromatic nitrogens is 3. The largest absolute Gasteiger partial charge is 0.356 e. The zero-order valence-corrected chi connectivity index (χ0v) is 19.0. The highest BCUT2D eigenvalue weighted by molar-refractivity contribution is 14.0. The Bertz CT molecular complexity index is 603. The van der Waals surface area contributed by atoms with Crippen molar-refractivity contribution in [3.8, 4) is 0 Å². The average molecular weight is 474 g/mol. The number of rotatable bonds is 5. The molecule has 7 heteroatoms. The number of hydrogen-bond donors (Lipinski definition) is 2. The quantitative estimate of drug-likeness (QED) is 0.390.